The molecular formula is C22H24FNO5S. The monoisotopic (exact) mass is 433 g/mol. The molecule has 0 aromatic heterocycles. The lowest BCUT2D eigenvalue weighted by molar-refractivity contribution is -0.128. The molecule has 8 heteroatoms. The lowest BCUT2D eigenvalue weighted by atomic mass is 10.1. The molecule has 0 spiro atoms. The Morgan fingerprint density at radius 1 is 1.20 bits per heavy atom. The number of benzene rings is 2. The minimum atomic E-state index is -0.833. The van der Waals surface area contributed by atoms with Gasteiger partial charge < -0.3 is 19.1 Å². The molecule has 0 saturated carbocycles. The molecule has 0 bridgehead atoms. The number of hydrogen-bond acceptors (Lipinski definition) is 6. The molecule has 0 aliphatic carbocycles. The summed E-state index contributed by atoms with van der Waals surface area (Å²) in [6.45, 7) is 5.40. The smallest absolute Gasteiger partial charge is 0.493 e. The minimum Gasteiger partial charge on any atom is -0.493 e. The molecule has 0 N–H and O–H groups in total. The summed E-state index contributed by atoms with van der Waals surface area (Å²) < 4.78 is 29.9. The third-order valence-corrected chi connectivity index (χ3v) is 5.58. The first-order valence-corrected chi connectivity index (χ1v) is 10.5. The second kappa shape index (κ2) is 8.95. The molecule has 1 saturated heterocycles. The van der Waals surface area contributed by atoms with Crippen molar-refractivity contribution < 1.29 is 28.2 Å². The van der Waals surface area contributed by atoms with Crippen LogP contribution in [-0.4, -0.2) is 35.4 Å². The van der Waals surface area contributed by atoms with E-state index in [1.165, 1.54) is 24.9 Å². The molecule has 2 aromatic rings. The van der Waals surface area contributed by atoms with Gasteiger partial charge in [0.2, 0.25) is 5.91 Å². The van der Waals surface area contributed by atoms with Gasteiger partial charge in [-0.3, -0.25) is 4.79 Å². The highest BCUT2D eigenvalue weighted by Gasteiger charge is 2.34. The number of halogens is 1. The molecule has 1 aliphatic heterocycles. The number of rotatable bonds is 5. The fourth-order valence-corrected chi connectivity index (χ4v) is 4.17. The summed E-state index contributed by atoms with van der Waals surface area (Å²) in [7, 11) is 1.46. The highest BCUT2D eigenvalue weighted by atomic mass is 32.2. The van der Waals surface area contributed by atoms with Crippen molar-refractivity contribution in [1.29, 1.82) is 0 Å². The number of thioether (sulfide) groups is 1. The molecular weight excluding hydrogens is 409 g/mol. The summed E-state index contributed by atoms with van der Waals surface area (Å²) in [5, 5.41) is -0.304. The Kier molecular flexibility index (Phi) is 6.55. The molecule has 1 fully saturated rings. The Morgan fingerprint density at radius 3 is 2.60 bits per heavy atom. The van der Waals surface area contributed by atoms with Crippen LogP contribution >= 0.6 is 11.8 Å². The molecule has 1 amide bonds. The normalized spacial score (nSPS) is 16.5. The molecule has 1 atom stereocenters. The summed E-state index contributed by atoms with van der Waals surface area (Å²) in [5.41, 5.74) is 0.559. The summed E-state index contributed by atoms with van der Waals surface area (Å²) in [5.74, 6) is 0.438. The maximum absolute atomic E-state index is 14.1. The van der Waals surface area contributed by atoms with Gasteiger partial charge in [0.1, 0.15) is 16.8 Å². The molecule has 3 rings (SSSR count). The van der Waals surface area contributed by atoms with Gasteiger partial charge in [0.25, 0.3) is 0 Å². The zero-order valence-electron chi connectivity index (χ0n) is 17.3. The van der Waals surface area contributed by atoms with Gasteiger partial charge in [0, 0.05) is 12.1 Å². The van der Waals surface area contributed by atoms with Crippen LogP contribution in [0.3, 0.4) is 0 Å². The Hall–Kier alpha value is -2.74. The van der Waals surface area contributed by atoms with Gasteiger partial charge in [-0.2, -0.15) is 0 Å². The van der Waals surface area contributed by atoms with Crippen LogP contribution in [0.4, 0.5) is 9.18 Å². The van der Waals surface area contributed by atoms with Crippen LogP contribution in [-0.2, 0) is 16.1 Å². The van der Waals surface area contributed by atoms with Crippen molar-refractivity contribution in [3.63, 3.8) is 0 Å². The quantitative estimate of drug-likeness (QED) is 0.493. The molecule has 0 radical (unpaired) electrons. The first-order valence-electron chi connectivity index (χ1n) is 9.41. The summed E-state index contributed by atoms with van der Waals surface area (Å²) in [6.07, 6.45) is -0.833. The molecule has 1 heterocycles. The average molecular weight is 434 g/mol. The predicted molar refractivity (Wildman–Crippen MR) is 112 cm³/mol. The van der Waals surface area contributed by atoms with E-state index in [-0.39, 0.29) is 29.4 Å². The predicted octanol–water partition coefficient (Wildman–Crippen LogP) is 4.92. The topological polar surface area (TPSA) is 65.1 Å². The van der Waals surface area contributed by atoms with E-state index in [1.54, 1.807) is 62.1 Å². The second-order valence-corrected chi connectivity index (χ2v) is 8.82. The van der Waals surface area contributed by atoms with Crippen molar-refractivity contribution >= 4 is 23.8 Å². The summed E-state index contributed by atoms with van der Waals surface area (Å²) in [4.78, 5) is 26.0. The maximum Gasteiger partial charge on any atom is 0.514 e. The van der Waals surface area contributed by atoms with Crippen molar-refractivity contribution in [2.24, 2.45) is 0 Å². The van der Waals surface area contributed by atoms with Gasteiger partial charge in [-0.15, -0.1) is 11.8 Å². The Morgan fingerprint density at radius 2 is 1.93 bits per heavy atom. The fourth-order valence-electron chi connectivity index (χ4n) is 2.99. The number of amides is 1. The van der Waals surface area contributed by atoms with Crippen molar-refractivity contribution in [3.8, 4) is 11.5 Å². The second-order valence-electron chi connectivity index (χ2n) is 7.75. The van der Waals surface area contributed by atoms with E-state index in [4.69, 9.17) is 14.2 Å². The summed E-state index contributed by atoms with van der Waals surface area (Å²) >= 11 is 1.45. The average Bonchev–Trinajstić information content (AvgIpc) is 3.03. The molecule has 1 aliphatic rings. The largest absolute Gasteiger partial charge is 0.514 e. The van der Waals surface area contributed by atoms with E-state index in [2.05, 4.69) is 0 Å². The highest BCUT2D eigenvalue weighted by Crippen LogP contribution is 2.42. The lowest BCUT2D eigenvalue weighted by Gasteiger charge is -2.25. The SMILES string of the molecule is COc1cc(C2SCC(=O)N2Cc2ccccc2F)ccc1OC(=O)OC(C)(C)C. The molecule has 30 heavy (non-hydrogen) atoms. The number of methoxy groups -OCH3 is 1. The maximum atomic E-state index is 14.1. The van der Waals surface area contributed by atoms with Crippen LogP contribution in [0.25, 0.3) is 0 Å². The first-order chi connectivity index (χ1) is 14.2. The van der Waals surface area contributed by atoms with Crippen molar-refractivity contribution in [1.82, 2.24) is 4.90 Å². The Bertz CT molecular complexity index is 943. The van der Waals surface area contributed by atoms with E-state index in [0.717, 1.165) is 5.56 Å². The number of carbonyl (C=O) groups is 2. The van der Waals surface area contributed by atoms with Crippen LogP contribution in [0.1, 0.15) is 37.3 Å². The van der Waals surface area contributed by atoms with Crippen molar-refractivity contribution in [2.45, 2.75) is 38.3 Å². The van der Waals surface area contributed by atoms with Crippen molar-refractivity contribution in [2.75, 3.05) is 12.9 Å². The minimum absolute atomic E-state index is 0.0682. The van der Waals surface area contributed by atoms with E-state index in [1.807, 2.05) is 0 Å². The van der Waals surface area contributed by atoms with Crippen molar-refractivity contribution in [3.05, 3.63) is 59.4 Å². The number of hydrogen-bond donors (Lipinski definition) is 0. The molecule has 6 nitrogen and oxygen atoms in total. The standard InChI is InChI=1S/C22H24FNO5S/c1-22(2,3)29-21(26)28-17-10-9-14(11-18(17)27-4)20-24(19(25)13-30-20)12-15-7-5-6-8-16(15)23/h5-11,20H,12-13H2,1-4H3. The fraction of sp³-hybridized carbons (Fsp3) is 0.364. The van der Waals surface area contributed by atoms with Crippen LogP contribution < -0.4 is 9.47 Å². The molecule has 1 unspecified atom stereocenters. The van der Waals surface area contributed by atoms with E-state index in [0.29, 0.717) is 17.1 Å². The lowest BCUT2D eigenvalue weighted by Crippen LogP contribution is -2.28. The van der Waals surface area contributed by atoms with Gasteiger partial charge in [-0.05, 0) is 44.5 Å². The number of ether oxygens (including phenoxy) is 3. The zero-order valence-corrected chi connectivity index (χ0v) is 18.1. The van der Waals surface area contributed by atoms with Gasteiger partial charge >= 0.3 is 6.16 Å². The molecule has 2 aromatic carbocycles. The van der Waals surface area contributed by atoms with E-state index >= 15 is 0 Å². The highest BCUT2D eigenvalue weighted by molar-refractivity contribution is 8.00. The summed E-state index contributed by atoms with van der Waals surface area (Å²) in [6, 6.07) is 11.5. The molecule has 160 valence electrons. The number of nitrogens with zero attached hydrogens (tertiary/aromatic N) is 1. The zero-order chi connectivity index (χ0) is 21.9. The van der Waals surface area contributed by atoms with Crippen LogP contribution in [0, 0.1) is 5.82 Å². The van der Waals surface area contributed by atoms with Gasteiger partial charge in [0.05, 0.1) is 12.9 Å². The third kappa shape index (κ3) is 5.24. The third-order valence-electron chi connectivity index (χ3n) is 4.32. The van der Waals surface area contributed by atoms with E-state index < -0.39 is 11.8 Å². The van der Waals surface area contributed by atoms with Crippen LogP contribution in [0.15, 0.2) is 42.5 Å². The van der Waals surface area contributed by atoms with Gasteiger partial charge in [0.15, 0.2) is 11.5 Å². The van der Waals surface area contributed by atoms with E-state index in [9.17, 15) is 14.0 Å². The van der Waals surface area contributed by atoms with Crippen LogP contribution in [0.2, 0.25) is 0 Å². The van der Waals surface area contributed by atoms with Gasteiger partial charge in [-0.25, -0.2) is 9.18 Å². The van der Waals surface area contributed by atoms with Crippen LogP contribution in [0.5, 0.6) is 11.5 Å². The first kappa shape index (κ1) is 22.0. The Labute approximate surface area is 179 Å². The Balaban J connectivity index is 1.81. The van der Waals surface area contributed by atoms with Gasteiger partial charge in [-0.1, -0.05) is 24.3 Å². The number of carbonyl (C=O) groups excluding carboxylic acids is 2.